The van der Waals surface area contributed by atoms with E-state index in [-0.39, 0.29) is 5.17 Å². The van der Waals surface area contributed by atoms with E-state index >= 15 is 0 Å². The van der Waals surface area contributed by atoms with Crippen LogP contribution in [0.4, 0.5) is 13.2 Å². The number of hydrogen-bond acceptors (Lipinski definition) is 3. The second kappa shape index (κ2) is 2.91. The van der Waals surface area contributed by atoms with E-state index < -0.39 is 18.0 Å². The first-order valence-corrected chi connectivity index (χ1v) is 4.09. The van der Waals surface area contributed by atoms with Crippen molar-refractivity contribution in [1.82, 2.24) is 10.2 Å². The molecule has 0 aromatic rings. The Balaban J connectivity index is 2.33. The third kappa shape index (κ3) is 1.45. The molecule has 0 amide bonds. The third-order valence-electron chi connectivity index (χ3n) is 1.81. The molecule has 76 valence electrons. The van der Waals surface area contributed by atoms with Crippen molar-refractivity contribution in [2.75, 3.05) is 0 Å². The first kappa shape index (κ1) is 9.39. The highest BCUT2D eigenvalue weighted by atomic mass is 35.5. The average Bonchev–Trinajstić information content (AvgIpc) is 2.50. The molecule has 0 aromatic heterocycles. The zero-order valence-corrected chi connectivity index (χ0v) is 7.47. The predicted molar refractivity (Wildman–Crippen MR) is 45.3 cm³/mol. The maximum absolute atomic E-state index is 12.3. The Morgan fingerprint density at radius 3 is 2.86 bits per heavy atom. The smallest absolute Gasteiger partial charge is 0.364 e. The Labute approximate surface area is 82.5 Å². The molecule has 0 saturated carbocycles. The van der Waals surface area contributed by atoms with Gasteiger partial charge in [0, 0.05) is 18.6 Å². The van der Waals surface area contributed by atoms with Crippen molar-refractivity contribution in [2.45, 2.75) is 12.3 Å². The molecule has 0 radical (unpaired) electrons. The van der Waals surface area contributed by atoms with Crippen LogP contribution in [0.2, 0.25) is 0 Å². The van der Waals surface area contributed by atoms with Gasteiger partial charge in [-0.2, -0.15) is 13.2 Å². The third-order valence-corrected chi connectivity index (χ3v) is 2.10. The van der Waals surface area contributed by atoms with Crippen LogP contribution in [0.25, 0.3) is 0 Å². The van der Waals surface area contributed by atoms with Crippen molar-refractivity contribution in [1.29, 1.82) is 0 Å². The molecule has 0 fully saturated rings. The summed E-state index contributed by atoms with van der Waals surface area (Å²) in [7, 11) is 0. The van der Waals surface area contributed by atoms with Crippen molar-refractivity contribution in [3.8, 4) is 0 Å². The van der Waals surface area contributed by atoms with Crippen LogP contribution in [0.15, 0.2) is 29.3 Å². The second-order valence-corrected chi connectivity index (χ2v) is 3.17. The lowest BCUT2D eigenvalue weighted by Crippen LogP contribution is -2.40. The molecule has 0 aromatic carbocycles. The highest BCUT2D eigenvalue weighted by Crippen LogP contribution is 2.31. The maximum Gasteiger partial charge on any atom is 0.434 e. The normalized spacial score (nSPS) is 25.4. The number of alkyl halides is 3. The van der Waals surface area contributed by atoms with Gasteiger partial charge in [-0.25, -0.2) is 4.99 Å². The molecule has 2 rings (SSSR count). The summed E-state index contributed by atoms with van der Waals surface area (Å²) < 4.78 is 36.8. The Kier molecular flexibility index (Phi) is 1.95. The number of rotatable bonds is 0. The van der Waals surface area contributed by atoms with Crippen LogP contribution in [0.3, 0.4) is 0 Å². The molecule has 7 heteroatoms. The molecular formula is C7H5ClF3N3. The molecule has 1 atom stereocenters. The lowest BCUT2D eigenvalue weighted by Gasteiger charge is -2.25. The van der Waals surface area contributed by atoms with E-state index in [9.17, 15) is 13.2 Å². The van der Waals surface area contributed by atoms with Gasteiger partial charge < -0.3 is 10.2 Å². The van der Waals surface area contributed by atoms with Crippen molar-refractivity contribution in [3.05, 3.63) is 24.3 Å². The van der Waals surface area contributed by atoms with Crippen LogP contribution in [-0.4, -0.2) is 22.4 Å². The summed E-state index contributed by atoms with van der Waals surface area (Å²) in [6.07, 6.45) is -1.08. The van der Waals surface area contributed by atoms with Gasteiger partial charge in [0.25, 0.3) is 0 Å². The minimum atomic E-state index is -4.47. The van der Waals surface area contributed by atoms with Gasteiger partial charge in [-0.3, -0.25) is 0 Å². The molecule has 1 N–H and O–H groups in total. The van der Waals surface area contributed by atoms with E-state index in [2.05, 4.69) is 10.3 Å². The first-order chi connectivity index (χ1) is 6.48. The molecule has 0 bridgehead atoms. The standard InChI is InChI=1S/C7H5ClF3N3/c8-5-6-12-1-2-14(6)3-4(13-5)7(9,10)11/h1-3,6,12H. The quantitative estimate of drug-likeness (QED) is 0.678. The predicted octanol–water partition coefficient (Wildman–Crippen LogP) is 1.74. The lowest BCUT2D eigenvalue weighted by molar-refractivity contribution is -0.0937. The van der Waals surface area contributed by atoms with E-state index in [1.807, 2.05) is 0 Å². The van der Waals surface area contributed by atoms with Crippen LogP contribution >= 0.6 is 11.6 Å². The minimum Gasteiger partial charge on any atom is -0.364 e. The van der Waals surface area contributed by atoms with Gasteiger partial charge in [0.05, 0.1) is 0 Å². The summed E-state index contributed by atoms with van der Waals surface area (Å²) in [5.41, 5.74) is -0.993. The Bertz CT molecular complexity index is 345. The Morgan fingerprint density at radius 1 is 1.50 bits per heavy atom. The van der Waals surface area contributed by atoms with Gasteiger partial charge >= 0.3 is 6.18 Å². The minimum absolute atomic E-state index is 0.121. The van der Waals surface area contributed by atoms with Crippen LogP contribution in [-0.2, 0) is 0 Å². The number of nitrogens with zero attached hydrogens (tertiary/aromatic N) is 2. The van der Waals surface area contributed by atoms with Crippen LogP contribution < -0.4 is 5.32 Å². The SMILES string of the molecule is FC(F)(F)C1=CN2C=CNC2C(Cl)=N1. The molecule has 0 saturated heterocycles. The molecule has 1 unspecified atom stereocenters. The zero-order valence-electron chi connectivity index (χ0n) is 6.72. The van der Waals surface area contributed by atoms with Crippen molar-refractivity contribution in [2.24, 2.45) is 4.99 Å². The summed E-state index contributed by atoms with van der Waals surface area (Å²) in [5.74, 6) is 0. The van der Waals surface area contributed by atoms with E-state index in [0.29, 0.717) is 0 Å². The topological polar surface area (TPSA) is 27.6 Å². The number of fused-ring (bicyclic) bond motifs is 1. The summed E-state index contributed by atoms with van der Waals surface area (Å²) >= 11 is 5.58. The highest BCUT2D eigenvalue weighted by Gasteiger charge is 2.39. The van der Waals surface area contributed by atoms with Crippen LogP contribution in [0.5, 0.6) is 0 Å². The van der Waals surface area contributed by atoms with E-state index in [1.54, 1.807) is 0 Å². The monoisotopic (exact) mass is 223 g/mol. The van der Waals surface area contributed by atoms with Gasteiger partial charge in [0.1, 0.15) is 5.17 Å². The molecule has 0 aliphatic carbocycles. The number of aliphatic imine (C=N–C) groups is 1. The lowest BCUT2D eigenvalue weighted by atomic mass is 10.3. The Morgan fingerprint density at radius 2 is 2.21 bits per heavy atom. The van der Waals surface area contributed by atoms with Crippen molar-refractivity contribution >= 4 is 16.8 Å². The zero-order chi connectivity index (χ0) is 10.3. The van der Waals surface area contributed by atoms with Crippen molar-refractivity contribution < 1.29 is 13.2 Å². The Hall–Kier alpha value is -1.17. The molecule has 14 heavy (non-hydrogen) atoms. The second-order valence-electron chi connectivity index (χ2n) is 2.78. The fraction of sp³-hybridized carbons (Fsp3) is 0.286. The van der Waals surface area contributed by atoms with Gasteiger partial charge in [0.2, 0.25) is 0 Å². The number of nitrogens with one attached hydrogen (secondary N) is 1. The molecule has 2 aliphatic rings. The summed E-state index contributed by atoms with van der Waals surface area (Å²) in [6, 6.07) is 0. The van der Waals surface area contributed by atoms with E-state index in [1.165, 1.54) is 17.3 Å². The molecule has 2 aliphatic heterocycles. The van der Waals surface area contributed by atoms with Gasteiger partial charge in [-0.05, 0) is 0 Å². The summed E-state index contributed by atoms with van der Waals surface area (Å²) in [4.78, 5) is 4.59. The molecular weight excluding hydrogens is 219 g/mol. The van der Waals surface area contributed by atoms with E-state index in [0.717, 1.165) is 6.20 Å². The molecule has 3 nitrogen and oxygen atoms in total. The number of allylic oxidation sites excluding steroid dienone is 1. The van der Waals surface area contributed by atoms with Gasteiger partial charge in [-0.15, -0.1) is 0 Å². The number of hydrogen-bond donors (Lipinski definition) is 1. The fourth-order valence-electron chi connectivity index (χ4n) is 1.18. The fourth-order valence-corrected chi connectivity index (χ4v) is 1.45. The highest BCUT2D eigenvalue weighted by molar-refractivity contribution is 6.66. The van der Waals surface area contributed by atoms with Crippen LogP contribution in [0.1, 0.15) is 0 Å². The molecule has 0 spiro atoms. The molecule has 2 heterocycles. The first-order valence-electron chi connectivity index (χ1n) is 3.72. The number of halogens is 4. The van der Waals surface area contributed by atoms with E-state index in [4.69, 9.17) is 11.6 Å². The largest absolute Gasteiger partial charge is 0.434 e. The van der Waals surface area contributed by atoms with Crippen LogP contribution in [0, 0.1) is 0 Å². The average molecular weight is 224 g/mol. The van der Waals surface area contributed by atoms with Crippen molar-refractivity contribution in [3.63, 3.8) is 0 Å². The van der Waals surface area contributed by atoms with Gasteiger partial charge in [0.15, 0.2) is 11.9 Å². The summed E-state index contributed by atoms with van der Waals surface area (Å²) in [6.45, 7) is 0. The van der Waals surface area contributed by atoms with Gasteiger partial charge in [-0.1, -0.05) is 11.6 Å². The maximum atomic E-state index is 12.3. The summed E-state index contributed by atoms with van der Waals surface area (Å²) in [5, 5.41) is 2.63.